The number of sulfonamides is 1. The smallest absolute Gasteiger partial charge is 0.245 e. The lowest BCUT2D eigenvalue weighted by molar-refractivity contribution is -0.139. The van der Waals surface area contributed by atoms with Crippen LogP contribution in [0.3, 0.4) is 0 Å². The number of hydrogen-bond acceptors (Lipinski definition) is 4. The first-order chi connectivity index (χ1) is 15.7. The van der Waals surface area contributed by atoms with Crippen LogP contribution in [0.25, 0.3) is 0 Å². The fourth-order valence-electron chi connectivity index (χ4n) is 4.75. The maximum Gasteiger partial charge on any atom is 0.245 e. The van der Waals surface area contributed by atoms with Crippen LogP contribution in [0.2, 0.25) is 0 Å². The van der Waals surface area contributed by atoms with E-state index in [1.165, 1.54) is 0 Å². The maximum atomic E-state index is 13.0. The lowest BCUT2D eigenvalue weighted by atomic mass is 9.81. The summed E-state index contributed by atoms with van der Waals surface area (Å²) in [6.07, 6.45) is 6.23. The average Bonchev–Trinajstić information content (AvgIpc) is 2.81. The molecule has 1 saturated heterocycles. The van der Waals surface area contributed by atoms with Crippen molar-refractivity contribution in [3.63, 3.8) is 0 Å². The Labute approximate surface area is 198 Å². The summed E-state index contributed by atoms with van der Waals surface area (Å²) in [6, 6.07) is 6.34. The summed E-state index contributed by atoms with van der Waals surface area (Å²) in [5, 5.41) is 3.04. The van der Waals surface area contributed by atoms with Gasteiger partial charge in [-0.2, -0.15) is 0 Å². The summed E-state index contributed by atoms with van der Waals surface area (Å²) >= 11 is 0. The number of nitrogens with zero attached hydrogens (tertiary/aromatic N) is 1. The van der Waals surface area contributed by atoms with Crippen LogP contribution in [0.15, 0.2) is 29.2 Å². The normalized spacial score (nSPS) is 22.7. The van der Waals surface area contributed by atoms with Gasteiger partial charge in [-0.3, -0.25) is 9.59 Å². The number of nitrogens with one attached hydrogen (secondary N) is 2. The summed E-state index contributed by atoms with van der Waals surface area (Å²) in [5.74, 6) is 0.126. The molecule has 0 spiro atoms. The van der Waals surface area contributed by atoms with Gasteiger partial charge in [-0.1, -0.05) is 31.5 Å². The molecule has 184 valence electrons. The van der Waals surface area contributed by atoms with Gasteiger partial charge in [0.2, 0.25) is 21.8 Å². The number of amides is 2. The van der Waals surface area contributed by atoms with Gasteiger partial charge in [0.05, 0.1) is 4.90 Å². The quantitative estimate of drug-likeness (QED) is 0.601. The third-order valence-electron chi connectivity index (χ3n) is 7.01. The van der Waals surface area contributed by atoms with E-state index < -0.39 is 16.1 Å². The second-order valence-corrected chi connectivity index (χ2v) is 11.8. The average molecular weight is 478 g/mol. The van der Waals surface area contributed by atoms with E-state index in [4.69, 9.17) is 0 Å². The topological polar surface area (TPSA) is 95.6 Å². The van der Waals surface area contributed by atoms with Crippen LogP contribution >= 0.6 is 0 Å². The molecule has 33 heavy (non-hydrogen) atoms. The van der Waals surface area contributed by atoms with E-state index in [0.29, 0.717) is 19.4 Å². The molecule has 1 atom stereocenters. The van der Waals surface area contributed by atoms with Gasteiger partial charge >= 0.3 is 0 Å². The molecule has 1 aromatic rings. The number of likely N-dealkylation sites (tertiary alicyclic amines) is 1. The summed E-state index contributed by atoms with van der Waals surface area (Å²) in [4.78, 5) is 28.1. The molecule has 8 heteroatoms. The van der Waals surface area contributed by atoms with E-state index >= 15 is 0 Å². The van der Waals surface area contributed by atoms with Gasteiger partial charge in [0.25, 0.3) is 0 Å². The van der Waals surface area contributed by atoms with Gasteiger partial charge in [0.15, 0.2) is 0 Å². The predicted molar refractivity (Wildman–Crippen MR) is 129 cm³/mol. The van der Waals surface area contributed by atoms with E-state index in [9.17, 15) is 18.0 Å². The molecule has 1 aliphatic carbocycles. The second-order valence-electron chi connectivity index (χ2n) is 10.00. The zero-order chi connectivity index (χ0) is 24.0. The Morgan fingerprint density at radius 3 is 2.18 bits per heavy atom. The zero-order valence-corrected chi connectivity index (χ0v) is 21.0. The Bertz CT molecular complexity index is 900. The van der Waals surface area contributed by atoms with Crippen molar-refractivity contribution in [2.45, 2.75) is 76.7 Å². The van der Waals surface area contributed by atoms with Crippen LogP contribution in [-0.4, -0.2) is 50.8 Å². The molecule has 1 aromatic carbocycles. The highest BCUT2D eigenvalue weighted by atomic mass is 32.2. The van der Waals surface area contributed by atoms with Gasteiger partial charge < -0.3 is 10.2 Å². The Morgan fingerprint density at radius 2 is 1.61 bits per heavy atom. The predicted octanol–water partition coefficient (Wildman–Crippen LogP) is 3.23. The molecule has 3 rings (SSSR count). The minimum absolute atomic E-state index is 0.0379. The molecule has 7 nitrogen and oxygen atoms in total. The summed E-state index contributed by atoms with van der Waals surface area (Å²) in [6.45, 7) is 7.81. The molecule has 2 fully saturated rings. The summed E-state index contributed by atoms with van der Waals surface area (Å²) < 4.78 is 27.8. The van der Waals surface area contributed by atoms with Crippen molar-refractivity contribution >= 4 is 21.8 Å². The fourth-order valence-corrected chi connectivity index (χ4v) is 5.87. The standard InChI is InChI=1S/C25H39N3O4S/c1-18(2)23(25(30)28-15-5-4-6-16-28)27-24(29)21-11-9-20(10-12-21)17-26-33(31,32)22-13-7-19(3)8-14-22/h7-8,13-14,18,20-21,23,26H,4-6,9-12,15-17H2,1-3H3,(H,27,29)/t20?,21?,23-/m1/s1. The van der Waals surface area contributed by atoms with E-state index in [1.807, 2.05) is 25.7 Å². The molecule has 2 amide bonds. The van der Waals surface area contributed by atoms with Gasteiger partial charge in [0.1, 0.15) is 6.04 Å². The first kappa shape index (κ1) is 25.7. The van der Waals surface area contributed by atoms with Crippen LogP contribution in [-0.2, 0) is 19.6 Å². The fraction of sp³-hybridized carbons (Fsp3) is 0.680. The van der Waals surface area contributed by atoms with Crippen LogP contribution in [0.4, 0.5) is 0 Å². The molecule has 2 aliphatic rings. The van der Waals surface area contributed by atoms with Gasteiger partial charge in [-0.05, 0) is 75.8 Å². The molecule has 0 aromatic heterocycles. The number of benzene rings is 1. The maximum absolute atomic E-state index is 13.0. The Hall–Kier alpha value is -1.93. The first-order valence-corrected chi connectivity index (χ1v) is 13.8. The molecule has 2 N–H and O–H groups in total. The molecule has 1 saturated carbocycles. The molecular formula is C25H39N3O4S. The van der Waals surface area contributed by atoms with Crippen molar-refractivity contribution in [3.8, 4) is 0 Å². The van der Waals surface area contributed by atoms with Crippen molar-refractivity contribution in [2.24, 2.45) is 17.8 Å². The number of rotatable bonds is 8. The number of carbonyl (C=O) groups excluding carboxylic acids is 2. The molecule has 0 unspecified atom stereocenters. The number of piperidine rings is 1. The van der Waals surface area contributed by atoms with Gasteiger partial charge in [-0.15, -0.1) is 0 Å². The van der Waals surface area contributed by atoms with Crippen LogP contribution in [0.5, 0.6) is 0 Å². The number of aryl methyl sites for hydroxylation is 1. The Kier molecular flexibility index (Phi) is 8.93. The van der Waals surface area contributed by atoms with E-state index in [2.05, 4.69) is 10.0 Å². The van der Waals surface area contributed by atoms with Crippen molar-refractivity contribution in [1.82, 2.24) is 14.9 Å². The first-order valence-electron chi connectivity index (χ1n) is 12.3. The largest absolute Gasteiger partial charge is 0.344 e. The van der Waals surface area contributed by atoms with Crippen LogP contribution in [0.1, 0.15) is 64.4 Å². The minimum atomic E-state index is -3.52. The number of carbonyl (C=O) groups is 2. The molecule has 1 aliphatic heterocycles. The highest BCUT2D eigenvalue weighted by molar-refractivity contribution is 7.89. The van der Waals surface area contributed by atoms with Crippen molar-refractivity contribution in [1.29, 1.82) is 0 Å². The lowest BCUT2D eigenvalue weighted by Gasteiger charge is -2.34. The molecule has 1 heterocycles. The van der Waals surface area contributed by atoms with E-state index in [0.717, 1.165) is 50.8 Å². The molecule has 0 radical (unpaired) electrons. The lowest BCUT2D eigenvalue weighted by Crippen LogP contribution is -2.53. The highest BCUT2D eigenvalue weighted by Gasteiger charge is 2.33. The van der Waals surface area contributed by atoms with Crippen LogP contribution < -0.4 is 10.0 Å². The Morgan fingerprint density at radius 1 is 1.00 bits per heavy atom. The monoisotopic (exact) mass is 477 g/mol. The SMILES string of the molecule is Cc1ccc(S(=O)(=O)NCC2CCC(C(=O)N[C@@H](C(=O)N3CCCCC3)C(C)C)CC2)cc1. The minimum Gasteiger partial charge on any atom is -0.344 e. The van der Waals surface area contributed by atoms with E-state index in [1.54, 1.807) is 24.3 Å². The second kappa shape index (κ2) is 11.5. The van der Waals surface area contributed by atoms with Crippen molar-refractivity contribution in [2.75, 3.05) is 19.6 Å². The molecular weight excluding hydrogens is 438 g/mol. The molecule has 0 bridgehead atoms. The van der Waals surface area contributed by atoms with E-state index in [-0.39, 0.29) is 34.5 Å². The summed E-state index contributed by atoms with van der Waals surface area (Å²) in [5.41, 5.74) is 1.02. The van der Waals surface area contributed by atoms with Gasteiger partial charge in [-0.25, -0.2) is 13.1 Å². The van der Waals surface area contributed by atoms with Crippen LogP contribution in [0, 0.1) is 24.7 Å². The van der Waals surface area contributed by atoms with Gasteiger partial charge in [0, 0.05) is 25.6 Å². The number of hydrogen-bond donors (Lipinski definition) is 2. The highest BCUT2D eigenvalue weighted by Crippen LogP contribution is 2.29. The Balaban J connectivity index is 1.47. The third kappa shape index (κ3) is 7.03. The zero-order valence-electron chi connectivity index (χ0n) is 20.2. The summed E-state index contributed by atoms with van der Waals surface area (Å²) in [7, 11) is -3.52. The van der Waals surface area contributed by atoms with Crippen molar-refractivity contribution in [3.05, 3.63) is 29.8 Å². The third-order valence-corrected chi connectivity index (χ3v) is 8.45. The van der Waals surface area contributed by atoms with Crippen molar-refractivity contribution < 1.29 is 18.0 Å².